The Morgan fingerprint density at radius 2 is 1.00 bits per heavy atom. The first-order chi connectivity index (χ1) is 6.30. The normalized spacial score (nSPS) is 8.77. The third-order valence-electron chi connectivity index (χ3n) is 1.78. The van der Waals surface area contributed by atoms with E-state index in [1.54, 1.807) is 12.5 Å². The standard InChI is InChI=1S/C6H8O.C6H6/c1-5-3-7-4-6(5)2;1-2-4-6-5-3-1/h3-4H,1-2H3;1-6H. The summed E-state index contributed by atoms with van der Waals surface area (Å²) in [5, 5.41) is 0. The van der Waals surface area contributed by atoms with Gasteiger partial charge in [0.1, 0.15) is 0 Å². The fourth-order valence-corrected chi connectivity index (χ4v) is 0.809. The molecule has 2 aromatic rings. The average Bonchev–Trinajstić information content (AvgIpc) is 2.55. The molecule has 0 N–H and O–H groups in total. The summed E-state index contributed by atoms with van der Waals surface area (Å²) in [6.45, 7) is 4.05. The average molecular weight is 174 g/mol. The third kappa shape index (κ3) is 3.61. The van der Waals surface area contributed by atoms with Crippen molar-refractivity contribution in [2.24, 2.45) is 0 Å². The highest BCUT2D eigenvalue weighted by Gasteiger charge is 1.88. The first-order valence-corrected chi connectivity index (χ1v) is 4.30. The van der Waals surface area contributed by atoms with Gasteiger partial charge in [0, 0.05) is 0 Å². The molecular formula is C12H14O. The Bertz CT molecular complexity index is 279. The second-order valence-corrected chi connectivity index (χ2v) is 2.89. The lowest BCUT2D eigenvalue weighted by Gasteiger charge is -1.76. The van der Waals surface area contributed by atoms with Crippen molar-refractivity contribution in [2.45, 2.75) is 13.8 Å². The van der Waals surface area contributed by atoms with E-state index in [9.17, 15) is 0 Å². The van der Waals surface area contributed by atoms with Crippen LogP contribution in [-0.4, -0.2) is 0 Å². The van der Waals surface area contributed by atoms with Crippen LogP contribution in [0.4, 0.5) is 0 Å². The highest BCUT2D eigenvalue weighted by atomic mass is 16.3. The molecule has 0 fully saturated rings. The zero-order chi connectivity index (χ0) is 9.52. The molecule has 0 spiro atoms. The van der Waals surface area contributed by atoms with E-state index in [1.807, 2.05) is 50.2 Å². The van der Waals surface area contributed by atoms with Crippen molar-refractivity contribution in [3.63, 3.8) is 0 Å². The van der Waals surface area contributed by atoms with E-state index in [2.05, 4.69) is 0 Å². The maximum Gasteiger partial charge on any atom is 0.0934 e. The van der Waals surface area contributed by atoms with Crippen molar-refractivity contribution in [1.29, 1.82) is 0 Å². The molecule has 0 bridgehead atoms. The van der Waals surface area contributed by atoms with Gasteiger partial charge in [-0.25, -0.2) is 0 Å². The predicted molar refractivity (Wildman–Crippen MR) is 54.6 cm³/mol. The molecule has 0 amide bonds. The molecule has 1 heteroatoms. The van der Waals surface area contributed by atoms with Crippen LogP contribution in [0.1, 0.15) is 11.1 Å². The van der Waals surface area contributed by atoms with Gasteiger partial charge in [0.15, 0.2) is 0 Å². The van der Waals surface area contributed by atoms with Gasteiger partial charge in [-0.05, 0) is 25.0 Å². The van der Waals surface area contributed by atoms with Gasteiger partial charge in [0.25, 0.3) is 0 Å². The molecule has 1 nitrogen and oxygen atoms in total. The Labute approximate surface area is 79.0 Å². The van der Waals surface area contributed by atoms with Crippen LogP contribution in [0.3, 0.4) is 0 Å². The van der Waals surface area contributed by atoms with E-state index >= 15 is 0 Å². The van der Waals surface area contributed by atoms with Gasteiger partial charge in [-0.3, -0.25) is 0 Å². The zero-order valence-corrected chi connectivity index (χ0v) is 8.03. The molecule has 0 saturated carbocycles. The lowest BCUT2D eigenvalue weighted by molar-refractivity contribution is 0.564. The molecule has 0 aliphatic heterocycles. The first-order valence-electron chi connectivity index (χ1n) is 4.30. The van der Waals surface area contributed by atoms with Gasteiger partial charge < -0.3 is 4.42 Å². The van der Waals surface area contributed by atoms with Crippen molar-refractivity contribution in [3.05, 3.63) is 60.1 Å². The van der Waals surface area contributed by atoms with E-state index in [0.29, 0.717) is 0 Å². The number of benzene rings is 1. The molecule has 0 atom stereocenters. The summed E-state index contributed by atoms with van der Waals surface area (Å²) in [5.74, 6) is 0. The first kappa shape index (κ1) is 9.59. The van der Waals surface area contributed by atoms with Gasteiger partial charge in [-0.2, -0.15) is 0 Å². The smallest absolute Gasteiger partial charge is 0.0934 e. The third-order valence-corrected chi connectivity index (χ3v) is 1.78. The second-order valence-electron chi connectivity index (χ2n) is 2.89. The van der Waals surface area contributed by atoms with Crippen molar-refractivity contribution in [2.75, 3.05) is 0 Å². The van der Waals surface area contributed by atoms with Crippen LogP contribution in [0.2, 0.25) is 0 Å². The van der Waals surface area contributed by atoms with Gasteiger partial charge >= 0.3 is 0 Å². The number of hydrogen-bond acceptors (Lipinski definition) is 1. The Kier molecular flexibility index (Phi) is 3.83. The second kappa shape index (κ2) is 5.20. The number of aryl methyl sites for hydroxylation is 2. The summed E-state index contributed by atoms with van der Waals surface area (Å²) in [6.07, 6.45) is 3.49. The Morgan fingerprint density at radius 3 is 1.15 bits per heavy atom. The molecule has 2 rings (SSSR count). The minimum Gasteiger partial charge on any atom is -0.472 e. The minimum atomic E-state index is 1.22. The SMILES string of the molecule is Cc1cocc1C.c1ccccc1. The summed E-state index contributed by atoms with van der Waals surface area (Å²) >= 11 is 0. The zero-order valence-electron chi connectivity index (χ0n) is 8.03. The molecule has 0 saturated heterocycles. The summed E-state index contributed by atoms with van der Waals surface area (Å²) in [5.41, 5.74) is 2.44. The van der Waals surface area contributed by atoms with Crippen LogP contribution >= 0.6 is 0 Å². The fraction of sp³-hybridized carbons (Fsp3) is 0.167. The van der Waals surface area contributed by atoms with Crippen molar-refractivity contribution in [3.8, 4) is 0 Å². The molecular weight excluding hydrogens is 160 g/mol. The molecule has 1 aromatic heterocycles. The Hall–Kier alpha value is -1.50. The largest absolute Gasteiger partial charge is 0.472 e. The lowest BCUT2D eigenvalue weighted by atomic mass is 10.2. The number of rotatable bonds is 0. The topological polar surface area (TPSA) is 13.1 Å². The molecule has 0 aliphatic carbocycles. The molecule has 1 heterocycles. The predicted octanol–water partition coefficient (Wildman–Crippen LogP) is 3.58. The van der Waals surface area contributed by atoms with E-state index in [1.165, 1.54) is 11.1 Å². The Balaban J connectivity index is 0.000000132. The lowest BCUT2D eigenvalue weighted by Crippen LogP contribution is -1.63. The molecule has 0 aliphatic rings. The van der Waals surface area contributed by atoms with Crippen LogP contribution in [0.15, 0.2) is 53.3 Å². The molecule has 13 heavy (non-hydrogen) atoms. The summed E-state index contributed by atoms with van der Waals surface area (Å²) < 4.78 is 4.84. The highest BCUT2D eigenvalue weighted by Crippen LogP contribution is 2.04. The summed E-state index contributed by atoms with van der Waals surface area (Å²) in [6, 6.07) is 12.0. The monoisotopic (exact) mass is 174 g/mol. The molecule has 1 aromatic carbocycles. The fourth-order valence-electron chi connectivity index (χ4n) is 0.809. The van der Waals surface area contributed by atoms with Crippen molar-refractivity contribution < 1.29 is 4.42 Å². The van der Waals surface area contributed by atoms with Crippen LogP contribution in [0, 0.1) is 13.8 Å². The van der Waals surface area contributed by atoms with E-state index in [4.69, 9.17) is 4.42 Å². The minimum absolute atomic E-state index is 1.22. The number of furan rings is 1. The van der Waals surface area contributed by atoms with Crippen LogP contribution in [0.25, 0.3) is 0 Å². The van der Waals surface area contributed by atoms with E-state index in [-0.39, 0.29) is 0 Å². The maximum absolute atomic E-state index is 4.84. The van der Waals surface area contributed by atoms with Gasteiger partial charge in [-0.1, -0.05) is 36.4 Å². The quantitative estimate of drug-likeness (QED) is 0.595. The summed E-state index contributed by atoms with van der Waals surface area (Å²) in [7, 11) is 0. The maximum atomic E-state index is 4.84. The Morgan fingerprint density at radius 1 is 0.692 bits per heavy atom. The summed E-state index contributed by atoms with van der Waals surface area (Å²) in [4.78, 5) is 0. The van der Waals surface area contributed by atoms with E-state index < -0.39 is 0 Å². The van der Waals surface area contributed by atoms with Crippen LogP contribution < -0.4 is 0 Å². The van der Waals surface area contributed by atoms with Crippen LogP contribution in [0.5, 0.6) is 0 Å². The highest BCUT2D eigenvalue weighted by molar-refractivity contribution is 5.15. The van der Waals surface area contributed by atoms with Crippen molar-refractivity contribution >= 4 is 0 Å². The molecule has 0 radical (unpaired) electrons. The van der Waals surface area contributed by atoms with Crippen molar-refractivity contribution in [1.82, 2.24) is 0 Å². The van der Waals surface area contributed by atoms with Gasteiger partial charge in [0.05, 0.1) is 12.5 Å². The van der Waals surface area contributed by atoms with Gasteiger partial charge in [-0.15, -0.1) is 0 Å². The van der Waals surface area contributed by atoms with E-state index in [0.717, 1.165) is 0 Å². The van der Waals surface area contributed by atoms with Crippen LogP contribution in [-0.2, 0) is 0 Å². The molecule has 68 valence electrons. The van der Waals surface area contributed by atoms with Gasteiger partial charge in [0.2, 0.25) is 0 Å². The number of hydrogen-bond donors (Lipinski definition) is 0. The molecule has 0 unspecified atom stereocenters.